The summed E-state index contributed by atoms with van der Waals surface area (Å²) in [5, 5.41) is 13.8. The van der Waals surface area contributed by atoms with E-state index in [1.165, 1.54) is 0 Å². The van der Waals surface area contributed by atoms with Crippen molar-refractivity contribution in [1.29, 1.82) is 0 Å². The van der Waals surface area contributed by atoms with E-state index in [0.29, 0.717) is 23.7 Å². The number of piperidine rings is 1. The summed E-state index contributed by atoms with van der Waals surface area (Å²) < 4.78 is 5.43. The number of aromatic nitrogens is 1. The molecule has 1 aromatic heterocycles. The predicted octanol–water partition coefficient (Wildman–Crippen LogP) is 1.87. The zero-order valence-corrected chi connectivity index (χ0v) is 15.1. The molecule has 2 aromatic rings. The fourth-order valence-electron chi connectivity index (χ4n) is 3.01. The molecule has 0 radical (unpaired) electrons. The molecule has 1 fully saturated rings. The van der Waals surface area contributed by atoms with Crippen LogP contribution in [0.25, 0.3) is 0 Å². The van der Waals surface area contributed by atoms with Gasteiger partial charge in [0.05, 0.1) is 12.1 Å². The molecular weight excluding hydrogens is 354 g/mol. The lowest BCUT2D eigenvalue weighted by Gasteiger charge is -2.36. The lowest BCUT2D eigenvalue weighted by atomic mass is 10.0. The Morgan fingerprint density at radius 3 is 3.00 bits per heavy atom. The monoisotopic (exact) mass is 375 g/mol. The highest BCUT2D eigenvalue weighted by Crippen LogP contribution is 2.17. The van der Waals surface area contributed by atoms with Gasteiger partial charge in [0.25, 0.3) is 5.91 Å². The zero-order valence-electron chi connectivity index (χ0n) is 14.3. The first-order valence-corrected chi connectivity index (χ1v) is 8.95. The molecule has 6 nitrogen and oxygen atoms in total. The second-order valence-corrected chi connectivity index (χ2v) is 6.81. The van der Waals surface area contributed by atoms with Crippen LogP contribution in [0, 0.1) is 0 Å². The molecule has 0 bridgehead atoms. The van der Waals surface area contributed by atoms with Gasteiger partial charge in [0.15, 0.2) is 6.61 Å². The Labute approximate surface area is 157 Å². The summed E-state index contributed by atoms with van der Waals surface area (Å²) in [5.41, 5.74) is 1.11. The lowest BCUT2D eigenvalue weighted by Crippen LogP contribution is -2.54. The van der Waals surface area contributed by atoms with Crippen LogP contribution in [-0.2, 0) is 11.3 Å². The highest BCUT2D eigenvalue weighted by atomic mass is 35.5. The maximum Gasteiger partial charge on any atom is 0.258 e. The van der Waals surface area contributed by atoms with Crippen LogP contribution in [0.3, 0.4) is 0 Å². The fourth-order valence-corrected chi connectivity index (χ4v) is 3.19. The molecule has 0 saturated carbocycles. The number of nitrogens with zero attached hydrogens (tertiary/aromatic N) is 2. The summed E-state index contributed by atoms with van der Waals surface area (Å²) in [5.74, 6) is 0.286. The minimum absolute atomic E-state index is 0.108. The van der Waals surface area contributed by atoms with E-state index in [-0.39, 0.29) is 18.6 Å². The number of pyridine rings is 1. The summed E-state index contributed by atoms with van der Waals surface area (Å²) in [6.07, 6.45) is 3.64. The molecule has 1 amide bonds. The van der Waals surface area contributed by atoms with Gasteiger partial charge < -0.3 is 15.2 Å². The van der Waals surface area contributed by atoms with E-state index in [9.17, 15) is 9.90 Å². The van der Waals surface area contributed by atoms with Gasteiger partial charge in [-0.05, 0) is 36.2 Å². The molecule has 0 spiro atoms. The van der Waals surface area contributed by atoms with Crippen molar-refractivity contribution in [2.24, 2.45) is 0 Å². The SMILES string of the molecule is O=C(COc1cccc(Cl)c1)N[C@@H]1CCN(Cc2cccnc2)C[C@H]1O. The number of likely N-dealkylation sites (tertiary alicyclic amines) is 1. The van der Waals surface area contributed by atoms with Crippen molar-refractivity contribution in [3.05, 3.63) is 59.4 Å². The Kier molecular flexibility index (Phi) is 6.44. The molecule has 2 N–H and O–H groups in total. The largest absolute Gasteiger partial charge is 0.484 e. The summed E-state index contributed by atoms with van der Waals surface area (Å²) in [6, 6.07) is 10.5. The summed E-state index contributed by atoms with van der Waals surface area (Å²) in [4.78, 5) is 18.4. The van der Waals surface area contributed by atoms with E-state index in [4.69, 9.17) is 16.3 Å². The van der Waals surface area contributed by atoms with E-state index in [1.54, 1.807) is 30.5 Å². The molecule has 1 aliphatic rings. The first kappa shape index (κ1) is 18.6. The van der Waals surface area contributed by atoms with Gasteiger partial charge in [0.1, 0.15) is 5.75 Å². The van der Waals surface area contributed by atoms with E-state index < -0.39 is 6.10 Å². The number of hydrogen-bond acceptors (Lipinski definition) is 5. The van der Waals surface area contributed by atoms with Crippen LogP contribution < -0.4 is 10.1 Å². The van der Waals surface area contributed by atoms with Gasteiger partial charge in [-0.1, -0.05) is 23.7 Å². The van der Waals surface area contributed by atoms with Crippen molar-refractivity contribution >= 4 is 17.5 Å². The molecule has 26 heavy (non-hydrogen) atoms. The Morgan fingerprint density at radius 1 is 1.38 bits per heavy atom. The van der Waals surface area contributed by atoms with Crippen molar-refractivity contribution in [2.45, 2.75) is 25.1 Å². The van der Waals surface area contributed by atoms with Crippen LogP contribution in [0.5, 0.6) is 5.75 Å². The smallest absolute Gasteiger partial charge is 0.258 e. The molecule has 2 atom stereocenters. The highest BCUT2D eigenvalue weighted by molar-refractivity contribution is 6.30. The third-order valence-electron chi connectivity index (χ3n) is 4.31. The molecule has 2 heterocycles. The first-order chi connectivity index (χ1) is 12.6. The number of amides is 1. The van der Waals surface area contributed by atoms with Crippen LogP contribution in [0.4, 0.5) is 0 Å². The molecule has 138 valence electrons. The van der Waals surface area contributed by atoms with Gasteiger partial charge in [-0.15, -0.1) is 0 Å². The average Bonchev–Trinajstić information content (AvgIpc) is 2.63. The number of nitrogens with one attached hydrogen (secondary N) is 1. The van der Waals surface area contributed by atoms with Gasteiger partial charge in [-0.25, -0.2) is 0 Å². The Balaban J connectivity index is 1.43. The number of halogens is 1. The number of β-amino-alcohol motifs (C(OH)–C–C–N with tert-alkyl or cyclic N) is 1. The van der Waals surface area contributed by atoms with E-state index in [1.807, 2.05) is 18.3 Å². The number of rotatable bonds is 6. The molecular formula is C19H22ClN3O3. The van der Waals surface area contributed by atoms with Crippen molar-refractivity contribution in [3.8, 4) is 5.75 Å². The number of ether oxygens (including phenoxy) is 1. The average molecular weight is 376 g/mol. The number of aliphatic hydroxyl groups excluding tert-OH is 1. The number of aliphatic hydroxyl groups is 1. The Bertz CT molecular complexity index is 729. The molecule has 0 unspecified atom stereocenters. The summed E-state index contributed by atoms with van der Waals surface area (Å²) in [7, 11) is 0. The normalized spacial score (nSPS) is 20.5. The number of benzene rings is 1. The van der Waals surface area contributed by atoms with E-state index in [2.05, 4.69) is 15.2 Å². The van der Waals surface area contributed by atoms with Crippen LogP contribution in [-0.4, -0.2) is 52.7 Å². The summed E-state index contributed by atoms with van der Waals surface area (Å²) >= 11 is 5.88. The topological polar surface area (TPSA) is 74.7 Å². The zero-order chi connectivity index (χ0) is 18.4. The second-order valence-electron chi connectivity index (χ2n) is 6.37. The minimum atomic E-state index is -0.615. The Hall–Kier alpha value is -2.15. The van der Waals surface area contributed by atoms with Gasteiger partial charge in [0, 0.05) is 37.1 Å². The standard InChI is InChI=1S/C19H22ClN3O3/c20-15-4-1-5-16(9-15)26-13-19(25)22-17-6-8-23(12-18(17)24)11-14-3-2-7-21-10-14/h1-5,7,9-10,17-18,24H,6,8,11-13H2,(H,22,25)/t17-,18-/m1/s1. The predicted molar refractivity (Wildman–Crippen MR) is 99.0 cm³/mol. The van der Waals surface area contributed by atoms with Gasteiger partial charge in [0.2, 0.25) is 0 Å². The molecule has 3 rings (SSSR count). The van der Waals surface area contributed by atoms with Crippen molar-refractivity contribution in [1.82, 2.24) is 15.2 Å². The maximum atomic E-state index is 12.1. The molecule has 1 saturated heterocycles. The second kappa shape index (κ2) is 8.98. The Morgan fingerprint density at radius 2 is 2.27 bits per heavy atom. The molecule has 0 aliphatic carbocycles. The molecule has 1 aromatic carbocycles. The van der Waals surface area contributed by atoms with Crippen LogP contribution in [0.1, 0.15) is 12.0 Å². The van der Waals surface area contributed by atoms with Crippen LogP contribution in [0.15, 0.2) is 48.8 Å². The van der Waals surface area contributed by atoms with Gasteiger partial charge in [-0.2, -0.15) is 0 Å². The lowest BCUT2D eigenvalue weighted by molar-refractivity contribution is -0.125. The number of hydrogen-bond donors (Lipinski definition) is 2. The van der Waals surface area contributed by atoms with Gasteiger partial charge >= 0.3 is 0 Å². The van der Waals surface area contributed by atoms with Crippen LogP contribution in [0.2, 0.25) is 5.02 Å². The first-order valence-electron chi connectivity index (χ1n) is 8.57. The quantitative estimate of drug-likeness (QED) is 0.806. The van der Waals surface area contributed by atoms with Crippen LogP contribution >= 0.6 is 11.6 Å². The number of carbonyl (C=O) groups excluding carboxylic acids is 1. The van der Waals surface area contributed by atoms with Crippen molar-refractivity contribution in [3.63, 3.8) is 0 Å². The van der Waals surface area contributed by atoms with Crippen molar-refractivity contribution < 1.29 is 14.6 Å². The highest BCUT2D eigenvalue weighted by Gasteiger charge is 2.28. The van der Waals surface area contributed by atoms with Gasteiger partial charge in [-0.3, -0.25) is 14.7 Å². The van der Waals surface area contributed by atoms with Crippen molar-refractivity contribution in [2.75, 3.05) is 19.7 Å². The molecule has 1 aliphatic heterocycles. The third-order valence-corrected chi connectivity index (χ3v) is 4.54. The third kappa shape index (κ3) is 5.42. The summed E-state index contributed by atoms with van der Waals surface area (Å²) in [6.45, 7) is 1.94. The van der Waals surface area contributed by atoms with E-state index >= 15 is 0 Å². The molecule has 7 heteroatoms. The van der Waals surface area contributed by atoms with E-state index in [0.717, 1.165) is 18.7 Å². The minimum Gasteiger partial charge on any atom is -0.484 e. The fraction of sp³-hybridized carbons (Fsp3) is 0.368. The maximum absolute atomic E-state index is 12.1. The number of carbonyl (C=O) groups is 1.